The Morgan fingerprint density at radius 3 is 3.04 bits per heavy atom. The minimum absolute atomic E-state index is 0.0399. The van der Waals surface area contributed by atoms with Gasteiger partial charge in [0.2, 0.25) is 0 Å². The van der Waals surface area contributed by atoms with Crippen molar-refractivity contribution in [3.8, 4) is 17.6 Å². The maximum Gasteiger partial charge on any atom is 0.260 e. The highest BCUT2D eigenvalue weighted by Gasteiger charge is 2.22. The van der Waals surface area contributed by atoms with Crippen LogP contribution in [0, 0.1) is 11.3 Å². The van der Waals surface area contributed by atoms with Crippen LogP contribution in [0.2, 0.25) is 0 Å². The Morgan fingerprint density at radius 1 is 1.39 bits per heavy atom. The second kappa shape index (κ2) is 6.71. The average Bonchev–Trinajstić information content (AvgIpc) is 3.07. The summed E-state index contributed by atoms with van der Waals surface area (Å²) in [5, 5.41) is 11.0. The fraction of sp³-hybridized carbons (Fsp3) is 0.294. The molecule has 0 saturated carbocycles. The molecule has 118 valence electrons. The minimum atomic E-state index is -0.0479. The molecule has 0 saturated heterocycles. The van der Waals surface area contributed by atoms with Gasteiger partial charge in [0.25, 0.3) is 5.91 Å². The van der Waals surface area contributed by atoms with Gasteiger partial charge in [-0.05, 0) is 35.6 Å². The molecule has 2 heterocycles. The molecule has 0 N–H and O–H groups in total. The molecule has 0 spiro atoms. The SMILES string of the molecule is COc1cc(C#N)ccc1OCC(=O)N1CCc2sccc2C1. The first kappa shape index (κ1) is 15.4. The molecule has 1 aliphatic heterocycles. The number of methoxy groups -OCH3 is 1. The molecule has 1 aromatic heterocycles. The number of fused-ring (bicyclic) bond motifs is 1. The fourth-order valence-corrected chi connectivity index (χ4v) is 3.44. The number of amides is 1. The first-order valence-electron chi connectivity index (χ1n) is 7.25. The van der Waals surface area contributed by atoms with Gasteiger partial charge in [0.15, 0.2) is 18.1 Å². The molecule has 0 radical (unpaired) electrons. The van der Waals surface area contributed by atoms with Crippen LogP contribution in [0.25, 0.3) is 0 Å². The third-order valence-corrected chi connectivity index (χ3v) is 4.83. The van der Waals surface area contributed by atoms with E-state index in [1.165, 1.54) is 17.6 Å². The Bertz CT molecular complexity index is 763. The van der Waals surface area contributed by atoms with Gasteiger partial charge in [-0.15, -0.1) is 11.3 Å². The molecular weight excluding hydrogens is 312 g/mol. The molecule has 1 aromatic carbocycles. The van der Waals surface area contributed by atoms with E-state index in [2.05, 4.69) is 11.4 Å². The topological polar surface area (TPSA) is 62.6 Å². The highest BCUT2D eigenvalue weighted by atomic mass is 32.1. The number of hydrogen-bond acceptors (Lipinski definition) is 5. The highest BCUT2D eigenvalue weighted by Crippen LogP contribution is 2.28. The summed E-state index contributed by atoms with van der Waals surface area (Å²) >= 11 is 1.75. The van der Waals surface area contributed by atoms with Crippen LogP contribution >= 0.6 is 11.3 Å². The van der Waals surface area contributed by atoms with Crippen molar-refractivity contribution in [1.29, 1.82) is 5.26 Å². The number of rotatable bonds is 4. The van der Waals surface area contributed by atoms with Crippen molar-refractivity contribution in [3.63, 3.8) is 0 Å². The Labute approximate surface area is 138 Å². The Balaban J connectivity index is 1.63. The summed E-state index contributed by atoms with van der Waals surface area (Å²) < 4.78 is 10.8. The summed E-state index contributed by atoms with van der Waals surface area (Å²) in [6, 6.07) is 9.00. The van der Waals surface area contributed by atoms with Crippen LogP contribution < -0.4 is 9.47 Å². The van der Waals surface area contributed by atoms with E-state index < -0.39 is 0 Å². The van der Waals surface area contributed by atoms with Gasteiger partial charge in [-0.2, -0.15) is 5.26 Å². The molecule has 1 amide bonds. The van der Waals surface area contributed by atoms with Crippen molar-refractivity contribution < 1.29 is 14.3 Å². The molecule has 0 atom stereocenters. The standard InChI is InChI=1S/C17H16N2O3S/c1-21-15-8-12(9-18)2-3-14(15)22-11-17(20)19-6-4-16-13(10-19)5-7-23-16/h2-3,5,7-8H,4,6,10-11H2,1H3. The van der Waals surface area contributed by atoms with Crippen molar-refractivity contribution in [2.45, 2.75) is 13.0 Å². The van der Waals surface area contributed by atoms with Crippen LogP contribution in [0.3, 0.4) is 0 Å². The largest absolute Gasteiger partial charge is 0.493 e. The van der Waals surface area contributed by atoms with Crippen LogP contribution in [0.1, 0.15) is 16.0 Å². The Morgan fingerprint density at radius 2 is 2.26 bits per heavy atom. The van der Waals surface area contributed by atoms with Crippen molar-refractivity contribution in [2.24, 2.45) is 0 Å². The maximum atomic E-state index is 12.3. The number of thiophene rings is 1. The third-order valence-electron chi connectivity index (χ3n) is 3.80. The van der Waals surface area contributed by atoms with Crippen molar-refractivity contribution in [3.05, 3.63) is 45.6 Å². The predicted molar refractivity (Wildman–Crippen MR) is 86.6 cm³/mol. The lowest BCUT2D eigenvalue weighted by Gasteiger charge is -2.27. The summed E-state index contributed by atoms with van der Waals surface area (Å²) in [5.74, 6) is 0.872. The molecule has 0 aliphatic carbocycles. The van der Waals surface area contributed by atoms with Gasteiger partial charge in [0.1, 0.15) is 0 Å². The van der Waals surface area contributed by atoms with E-state index in [-0.39, 0.29) is 12.5 Å². The minimum Gasteiger partial charge on any atom is -0.493 e. The number of ether oxygens (including phenoxy) is 2. The second-order valence-corrected chi connectivity index (χ2v) is 6.20. The summed E-state index contributed by atoms with van der Waals surface area (Å²) in [4.78, 5) is 15.5. The first-order valence-corrected chi connectivity index (χ1v) is 8.13. The number of benzene rings is 1. The third kappa shape index (κ3) is 3.30. The van der Waals surface area contributed by atoms with Crippen molar-refractivity contribution in [1.82, 2.24) is 4.90 Å². The quantitative estimate of drug-likeness (QED) is 0.865. The summed E-state index contributed by atoms with van der Waals surface area (Å²) in [6.45, 7) is 1.33. The molecule has 2 aromatic rings. The van der Waals surface area contributed by atoms with Crippen molar-refractivity contribution in [2.75, 3.05) is 20.3 Å². The van der Waals surface area contributed by atoms with E-state index in [0.717, 1.165) is 13.0 Å². The fourth-order valence-electron chi connectivity index (χ4n) is 2.55. The molecule has 1 aliphatic rings. The zero-order valence-electron chi connectivity index (χ0n) is 12.7. The zero-order chi connectivity index (χ0) is 16.2. The van der Waals surface area contributed by atoms with Gasteiger partial charge in [0.05, 0.1) is 18.7 Å². The average molecular weight is 328 g/mol. The number of nitrogens with zero attached hydrogens (tertiary/aromatic N) is 2. The number of nitriles is 1. The van der Waals surface area contributed by atoms with Gasteiger partial charge < -0.3 is 14.4 Å². The smallest absolute Gasteiger partial charge is 0.260 e. The van der Waals surface area contributed by atoms with Crippen LogP contribution in [0.4, 0.5) is 0 Å². The van der Waals surface area contributed by atoms with Crippen LogP contribution in [-0.2, 0) is 17.8 Å². The molecule has 6 heteroatoms. The van der Waals surface area contributed by atoms with E-state index >= 15 is 0 Å². The lowest BCUT2D eigenvalue weighted by atomic mass is 10.1. The molecule has 3 rings (SSSR count). The van der Waals surface area contributed by atoms with Crippen LogP contribution in [0.15, 0.2) is 29.6 Å². The molecular formula is C17H16N2O3S. The van der Waals surface area contributed by atoms with E-state index in [1.807, 2.05) is 11.0 Å². The summed E-state index contributed by atoms with van der Waals surface area (Å²) in [6.07, 6.45) is 0.902. The Kier molecular flexibility index (Phi) is 4.49. The molecule has 0 unspecified atom stereocenters. The van der Waals surface area contributed by atoms with Crippen LogP contribution in [-0.4, -0.2) is 31.1 Å². The monoisotopic (exact) mass is 328 g/mol. The van der Waals surface area contributed by atoms with Crippen LogP contribution in [0.5, 0.6) is 11.5 Å². The number of carbonyl (C=O) groups excluding carboxylic acids is 1. The lowest BCUT2D eigenvalue weighted by Crippen LogP contribution is -2.38. The second-order valence-electron chi connectivity index (χ2n) is 5.20. The first-order chi connectivity index (χ1) is 11.2. The van der Waals surface area contributed by atoms with E-state index in [0.29, 0.717) is 23.6 Å². The van der Waals surface area contributed by atoms with Gasteiger partial charge in [0, 0.05) is 24.0 Å². The normalized spacial score (nSPS) is 13.1. The zero-order valence-corrected chi connectivity index (χ0v) is 13.6. The molecule has 0 bridgehead atoms. The van der Waals surface area contributed by atoms with E-state index in [9.17, 15) is 4.79 Å². The maximum absolute atomic E-state index is 12.3. The molecule has 5 nitrogen and oxygen atoms in total. The van der Waals surface area contributed by atoms with Gasteiger partial charge >= 0.3 is 0 Å². The Hall–Kier alpha value is -2.52. The predicted octanol–water partition coefficient (Wildman–Crippen LogP) is 2.59. The summed E-state index contributed by atoms with van der Waals surface area (Å²) in [7, 11) is 1.51. The van der Waals surface area contributed by atoms with Gasteiger partial charge in [-0.1, -0.05) is 0 Å². The molecule has 23 heavy (non-hydrogen) atoms. The van der Waals surface area contributed by atoms with Gasteiger partial charge in [-0.25, -0.2) is 0 Å². The summed E-state index contributed by atoms with van der Waals surface area (Å²) in [5.41, 5.74) is 1.71. The lowest BCUT2D eigenvalue weighted by molar-refractivity contribution is -0.134. The van der Waals surface area contributed by atoms with E-state index in [1.54, 1.807) is 29.5 Å². The van der Waals surface area contributed by atoms with Gasteiger partial charge in [-0.3, -0.25) is 4.79 Å². The van der Waals surface area contributed by atoms with Crippen molar-refractivity contribution >= 4 is 17.2 Å². The number of hydrogen-bond donors (Lipinski definition) is 0. The van der Waals surface area contributed by atoms with E-state index in [4.69, 9.17) is 14.7 Å². The highest BCUT2D eigenvalue weighted by molar-refractivity contribution is 7.10. The molecule has 0 fully saturated rings. The number of carbonyl (C=O) groups is 1.